The third-order valence-corrected chi connectivity index (χ3v) is 5.57. The Kier molecular flexibility index (Phi) is 8.42. The van der Waals surface area contributed by atoms with Crippen LogP contribution >= 0.6 is 0 Å². The molecule has 11 heteroatoms. The summed E-state index contributed by atoms with van der Waals surface area (Å²) >= 11 is 0. The average Bonchev–Trinajstić information content (AvgIpc) is 3.19. The standard InChI is InChI=1S/C21H25F3O7S/c1-3-20(2,11-10-15-6-4-5-7-15)30-18-14-16(8-9-17(18)31-21(22,23)24)19(25)29-12-13-32(26,27)28/h8-9,14-15H,3-7,12-13H2,1-2H3,(H,26,27,28). The fraction of sp³-hybridized carbons (Fsp3) is 0.571. The summed E-state index contributed by atoms with van der Waals surface area (Å²) in [6, 6.07) is 2.95. The third-order valence-electron chi connectivity index (χ3n) is 4.89. The van der Waals surface area contributed by atoms with Crippen LogP contribution in [0.2, 0.25) is 0 Å². The van der Waals surface area contributed by atoms with Crippen molar-refractivity contribution in [1.82, 2.24) is 0 Å². The van der Waals surface area contributed by atoms with Gasteiger partial charge in [-0.05, 0) is 44.4 Å². The maximum atomic E-state index is 12.8. The molecule has 7 nitrogen and oxygen atoms in total. The Morgan fingerprint density at radius 1 is 1.19 bits per heavy atom. The predicted octanol–water partition coefficient (Wildman–Crippen LogP) is 4.37. The SMILES string of the molecule is CCC(C)(C#CC1CCCC1)Oc1cc(C(=O)OCCS(=O)(=O)O)ccc1OC(F)(F)F. The van der Waals surface area contributed by atoms with Gasteiger partial charge in [0.1, 0.15) is 12.4 Å². The number of benzene rings is 1. The van der Waals surface area contributed by atoms with Gasteiger partial charge in [-0.2, -0.15) is 8.42 Å². The fourth-order valence-electron chi connectivity index (χ4n) is 3.00. The van der Waals surface area contributed by atoms with Gasteiger partial charge in [0.25, 0.3) is 10.1 Å². The van der Waals surface area contributed by atoms with Crippen LogP contribution in [0.15, 0.2) is 18.2 Å². The third kappa shape index (κ3) is 8.59. The van der Waals surface area contributed by atoms with E-state index in [0.717, 1.165) is 43.9 Å². The first kappa shape index (κ1) is 25.8. The normalized spacial score (nSPS) is 16.6. The first-order valence-electron chi connectivity index (χ1n) is 10.0. The molecular formula is C21H25F3O7S. The zero-order chi connectivity index (χ0) is 24.0. The minimum atomic E-state index is -4.99. The summed E-state index contributed by atoms with van der Waals surface area (Å²) in [4.78, 5) is 12.2. The smallest absolute Gasteiger partial charge is 0.471 e. The highest BCUT2D eigenvalue weighted by Gasteiger charge is 2.34. The van der Waals surface area contributed by atoms with E-state index in [2.05, 4.69) is 16.6 Å². The van der Waals surface area contributed by atoms with E-state index in [1.807, 2.05) is 0 Å². The van der Waals surface area contributed by atoms with Crippen molar-refractivity contribution in [2.24, 2.45) is 5.92 Å². The number of rotatable bonds is 8. The molecule has 1 aromatic rings. The van der Waals surface area contributed by atoms with E-state index in [0.29, 0.717) is 6.42 Å². The van der Waals surface area contributed by atoms with E-state index < -0.39 is 46.2 Å². The number of hydrogen-bond donors (Lipinski definition) is 1. The monoisotopic (exact) mass is 478 g/mol. The van der Waals surface area contributed by atoms with E-state index in [-0.39, 0.29) is 17.2 Å². The highest BCUT2D eigenvalue weighted by Crippen LogP contribution is 2.36. The molecule has 1 atom stereocenters. The Labute approximate surface area is 185 Å². The van der Waals surface area contributed by atoms with E-state index in [1.165, 1.54) is 0 Å². The summed E-state index contributed by atoms with van der Waals surface area (Å²) in [7, 11) is -4.34. The Hall–Kier alpha value is -2.45. The van der Waals surface area contributed by atoms with Crippen LogP contribution in [0.4, 0.5) is 13.2 Å². The molecule has 1 N–H and O–H groups in total. The number of carbonyl (C=O) groups is 1. The van der Waals surface area contributed by atoms with Gasteiger partial charge in [-0.15, -0.1) is 13.2 Å². The van der Waals surface area contributed by atoms with Crippen molar-refractivity contribution in [2.75, 3.05) is 12.4 Å². The molecule has 1 aliphatic carbocycles. The largest absolute Gasteiger partial charge is 0.573 e. The summed E-state index contributed by atoms with van der Waals surface area (Å²) < 4.78 is 83.3. The number of alkyl halides is 3. The van der Waals surface area contributed by atoms with Crippen LogP contribution in [0.5, 0.6) is 11.5 Å². The lowest BCUT2D eigenvalue weighted by Crippen LogP contribution is -2.30. The maximum absolute atomic E-state index is 12.8. The Morgan fingerprint density at radius 2 is 1.84 bits per heavy atom. The first-order chi connectivity index (χ1) is 14.8. The minimum absolute atomic E-state index is 0.188. The lowest BCUT2D eigenvalue weighted by Gasteiger charge is -2.26. The molecule has 0 aliphatic heterocycles. The fourth-order valence-corrected chi connectivity index (χ4v) is 3.29. The average molecular weight is 478 g/mol. The maximum Gasteiger partial charge on any atom is 0.573 e. The van der Waals surface area contributed by atoms with E-state index >= 15 is 0 Å². The molecular weight excluding hydrogens is 453 g/mol. The minimum Gasteiger partial charge on any atom is -0.471 e. The molecule has 0 aromatic heterocycles. The lowest BCUT2D eigenvalue weighted by molar-refractivity contribution is -0.275. The van der Waals surface area contributed by atoms with E-state index in [4.69, 9.17) is 14.0 Å². The molecule has 1 aliphatic rings. The van der Waals surface area contributed by atoms with Crippen molar-refractivity contribution in [3.05, 3.63) is 23.8 Å². The number of halogens is 3. The van der Waals surface area contributed by atoms with Crippen molar-refractivity contribution in [3.8, 4) is 23.3 Å². The Bertz CT molecular complexity index is 973. The van der Waals surface area contributed by atoms with Crippen LogP contribution < -0.4 is 9.47 Å². The van der Waals surface area contributed by atoms with Gasteiger partial charge in [-0.1, -0.05) is 31.6 Å². The second kappa shape index (κ2) is 10.4. The quantitative estimate of drug-likeness (QED) is 0.336. The molecule has 1 fully saturated rings. The number of ether oxygens (including phenoxy) is 3. The summed E-state index contributed by atoms with van der Waals surface area (Å²) in [6.07, 6.45) is -0.572. The molecule has 0 saturated heterocycles. The zero-order valence-corrected chi connectivity index (χ0v) is 18.5. The van der Waals surface area contributed by atoms with E-state index in [9.17, 15) is 26.4 Å². The molecule has 1 saturated carbocycles. The molecule has 0 heterocycles. The first-order valence-corrected chi connectivity index (χ1v) is 11.6. The van der Waals surface area contributed by atoms with Crippen LogP contribution in [-0.4, -0.2) is 43.3 Å². The second-order valence-electron chi connectivity index (χ2n) is 7.57. The molecule has 1 aromatic carbocycles. The van der Waals surface area contributed by atoms with Gasteiger partial charge in [0.15, 0.2) is 17.1 Å². The molecule has 0 radical (unpaired) electrons. The van der Waals surface area contributed by atoms with Crippen molar-refractivity contribution in [1.29, 1.82) is 0 Å². The van der Waals surface area contributed by atoms with Crippen LogP contribution in [-0.2, 0) is 14.9 Å². The summed E-state index contributed by atoms with van der Waals surface area (Å²) in [5.41, 5.74) is -1.33. The number of hydrogen-bond acceptors (Lipinski definition) is 6. The zero-order valence-electron chi connectivity index (χ0n) is 17.7. The highest BCUT2D eigenvalue weighted by molar-refractivity contribution is 7.85. The summed E-state index contributed by atoms with van der Waals surface area (Å²) in [6.45, 7) is 2.76. The predicted molar refractivity (Wildman–Crippen MR) is 109 cm³/mol. The van der Waals surface area contributed by atoms with Crippen molar-refractivity contribution in [2.45, 2.75) is 57.9 Å². The molecule has 178 valence electrons. The van der Waals surface area contributed by atoms with Crippen LogP contribution in [0, 0.1) is 17.8 Å². The molecule has 1 unspecified atom stereocenters. The lowest BCUT2D eigenvalue weighted by atomic mass is 10.0. The van der Waals surface area contributed by atoms with Crippen LogP contribution in [0.3, 0.4) is 0 Å². The number of carbonyl (C=O) groups excluding carboxylic acids is 1. The summed E-state index contributed by atoms with van der Waals surface area (Å²) in [5.74, 6) is 3.50. The molecule has 32 heavy (non-hydrogen) atoms. The highest BCUT2D eigenvalue weighted by atomic mass is 32.2. The van der Waals surface area contributed by atoms with Gasteiger partial charge >= 0.3 is 12.3 Å². The second-order valence-corrected chi connectivity index (χ2v) is 9.14. The van der Waals surface area contributed by atoms with Crippen LogP contribution in [0.25, 0.3) is 0 Å². The molecule has 0 spiro atoms. The van der Waals surface area contributed by atoms with Gasteiger partial charge in [0.05, 0.1) is 5.56 Å². The van der Waals surface area contributed by atoms with Crippen molar-refractivity contribution >= 4 is 16.1 Å². The van der Waals surface area contributed by atoms with Gasteiger partial charge in [-0.25, -0.2) is 4.79 Å². The van der Waals surface area contributed by atoms with Gasteiger partial charge < -0.3 is 14.2 Å². The van der Waals surface area contributed by atoms with Gasteiger partial charge in [0, 0.05) is 5.92 Å². The molecule has 0 bridgehead atoms. The van der Waals surface area contributed by atoms with Gasteiger partial charge in [-0.3, -0.25) is 4.55 Å². The van der Waals surface area contributed by atoms with E-state index in [1.54, 1.807) is 13.8 Å². The topological polar surface area (TPSA) is 99.1 Å². The van der Waals surface area contributed by atoms with Crippen LogP contribution in [0.1, 0.15) is 56.3 Å². The molecule has 2 rings (SSSR count). The van der Waals surface area contributed by atoms with Gasteiger partial charge in [0.2, 0.25) is 0 Å². The number of esters is 1. The van der Waals surface area contributed by atoms with Crippen molar-refractivity contribution in [3.63, 3.8) is 0 Å². The van der Waals surface area contributed by atoms with Crippen molar-refractivity contribution < 1.29 is 45.1 Å². The molecule has 0 amide bonds. The Balaban J connectivity index is 2.29. The Morgan fingerprint density at radius 3 is 2.41 bits per heavy atom. The summed E-state index contributed by atoms with van der Waals surface area (Å²) in [5, 5.41) is 0.